The Morgan fingerprint density at radius 1 is 1.56 bits per heavy atom. The van der Waals surface area contributed by atoms with E-state index in [0.717, 1.165) is 16.7 Å². The SMILES string of the molecule is Cc1cc(C#N)cc(C(N)CC(=O)O)c1C. The van der Waals surface area contributed by atoms with Crippen molar-refractivity contribution in [3.63, 3.8) is 0 Å². The number of nitrogens with two attached hydrogens (primary N) is 1. The van der Waals surface area contributed by atoms with Crippen LogP contribution in [0.2, 0.25) is 0 Å². The molecule has 84 valence electrons. The summed E-state index contributed by atoms with van der Waals surface area (Å²) in [5.41, 5.74) is 8.95. The molecule has 4 heteroatoms. The Labute approximate surface area is 94.3 Å². The molecule has 0 heterocycles. The molecule has 0 saturated carbocycles. The Kier molecular flexibility index (Phi) is 3.64. The fourth-order valence-corrected chi connectivity index (χ4v) is 1.63. The van der Waals surface area contributed by atoms with E-state index in [9.17, 15) is 4.79 Å². The smallest absolute Gasteiger partial charge is 0.305 e. The maximum atomic E-state index is 10.6. The van der Waals surface area contributed by atoms with E-state index in [2.05, 4.69) is 0 Å². The first kappa shape index (κ1) is 12.2. The van der Waals surface area contributed by atoms with Crippen LogP contribution in [0.4, 0.5) is 0 Å². The van der Waals surface area contributed by atoms with E-state index in [0.29, 0.717) is 5.56 Å². The molecule has 1 unspecified atom stereocenters. The molecule has 0 aliphatic carbocycles. The zero-order chi connectivity index (χ0) is 12.3. The molecule has 0 spiro atoms. The number of hydrogen-bond acceptors (Lipinski definition) is 3. The highest BCUT2D eigenvalue weighted by Crippen LogP contribution is 2.23. The van der Waals surface area contributed by atoms with Crippen LogP contribution in [0.3, 0.4) is 0 Å². The van der Waals surface area contributed by atoms with Gasteiger partial charge in [-0.05, 0) is 42.7 Å². The van der Waals surface area contributed by atoms with Gasteiger partial charge in [0.2, 0.25) is 0 Å². The van der Waals surface area contributed by atoms with Gasteiger partial charge in [-0.3, -0.25) is 4.79 Å². The second-order valence-electron chi connectivity index (χ2n) is 3.82. The Bertz CT molecular complexity index is 461. The van der Waals surface area contributed by atoms with Crippen LogP contribution >= 0.6 is 0 Å². The minimum atomic E-state index is -0.938. The summed E-state index contributed by atoms with van der Waals surface area (Å²) in [4.78, 5) is 10.6. The first-order valence-electron chi connectivity index (χ1n) is 4.94. The van der Waals surface area contributed by atoms with E-state index >= 15 is 0 Å². The molecule has 0 radical (unpaired) electrons. The van der Waals surface area contributed by atoms with Crippen molar-refractivity contribution in [1.29, 1.82) is 5.26 Å². The Morgan fingerprint density at radius 2 is 2.19 bits per heavy atom. The van der Waals surface area contributed by atoms with Crippen LogP contribution in [0.15, 0.2) is 12.1 Å². The molecule has 0 fully saturated rings. The van der Waals surface area contributed by atoms with Crippen molar-refractivity contribution in [2.24, 2.45) is 5.73 Å². The molecule has 0 bridgehead atoms. The number of nitrogens with zero attached hydrogens (tertiary/aromatic N) is 1. The van der Waals surface area contributed by atoms with E-state index in [1.807, 2.05) is 19.9 Å². The third-order valence-corrected chi connectivity index (χ3v) is 2.63. The van der Waals surface area contributed by atoms with Gasteiger partial charge in [0.15, 0.2) is 0 Å². The molecule has 0 aliphatic heterocycles. The predicted molar refractivity (Wildman–Crippen MR) is 59.8 cm³/mol. The lowest BCUT2D eigenvalue weighted by molar-refractivity contribution is -0.137. The number of nitriles is 1. The molecule has 1 aromatic carbocycles. The van der Waals surface area contributed by atoms with Crippen LogP contribution in [-0.4, -0.2) is 11.1 Å². The molecule has 1 atom stereocenters. The number of aryl methyl sites for hydroxylation is 1. The molecular formula is C12H14N2O2. The highest BCUT2D eigenvalue weighted by atomic mass is 16.4. The van der Waals surface area contributed by atoms with Crippen LogP contribution in [0.25, 0.3) is 0 Å². The summed E-state index contributed by atoms with van der Waals surface area (Å²) in [5, 5.41) is 17.5. The fourth-order valence-electron chi connectivity index (χ4n) is 1.63. The van der Waals surface area contributed by atoms with Crippen LogP contribution in [0, 0.1) is 25.2 Å². The highest BCUT2D eigenvalue weighted by molar-refractivity contribution is 5.68. The largest absolute Gasteiger partial charge is 0.481 e. The summed E-state index contributed by atoms with van der Waals surface area (Å²) in [6, 6.07) is 4.91. The van der Waals surface area contributed by atoms with Crippen LogP contribution < -0.4 is 5.73 Å². The average molecular weight is 218 g/mol. The quantitative estimate of drug-likeness (QED) is 0.807. The topological polar surface area (TPSA) is 87.1 Å². The zero-order valence-electron chi connectivity index (χ0n) is 9.32. The number of benzene rings is 1. The van der Waals surface area contributed by atoms with Gasteiger partial charge >= 0.3 is 5.97 Å². The highest BCUT2D eigenvalue weighted by Gasteiger charge is 2.14. The van der Waals surface area contributed by atoms with Gasteiger partial charge < -0.3 is 10.8 Å². The summed E-state index contributed by atoms with van der Waals surface area (Å²) in [5.74, 6) is -0.938. The van der Waals surface area contributed by atoms with Gasteiger partial charge in [0.05, 0.1) is 18.1 Å². The van der Waals surface area contributed by atoms with Crippen molar-refractivity contribution in [3.05, 3.63) is 34.4 Å². The van der Waals surface area contributed by atoms with Gasteiger partial charge in [-0.15, -0.1) is 0 Å². The van der Waals surface area contributed by atoms with Crippen molar-refractivity contribution in [3.8, 4) is 6.07 Å². The molecule has 0 aromatic heterocycles. The summed E-state index contributed by atoms with van der Waals surface area (Å²) >= 11 is 0. The molecule has 0 saturated heterocycles. The van der Waals surface area contributed by atoms with E-state index in [4.69, 9.17) is 16.1 Å². The van der Waals surface area contributed by atoms with Gasteiger partial charge in [0.25, 0.3) is 0 Å². The van der Waals surface area contributed by atoms with Crippen LogP contribution in [-0.2, 0) is 4.79 Å². The standard InChI is InChI=1S/C12H14N2O2/c1-7-3-9(6-13)4-10(8(7)2)11(14)5-12(15)16/h3-4,11H,5,14H2,1-2H3,(H,15,16). The van der Waals surface area contributed by atoms with E-state index in [1.165, 1.54) is 0 Å². The van der Waals surface area contributed by atoms with E-state index in [1.54, 1.807) is 12.1 Å². The molecule has 3 N–H and O–H groups in total. The Morgan fingerprint density at radius 3 is 2.69 bits per heavy atom. The number of aliphatic carboxylic acids is 1. The lowest BCUT2D eigenvalue weighted by atomic mass is 9.94. The van der Waals surface area contributed by atoms with Gasteiger partial charge in [-0.1, -0.05) is 0 Å². The molecule has 4 nitrogen and oxygen atoms in total. The number of carboxylic acids is 1. The molecule has 1 rings (SSSR count). The molecular weight excluding hydrogens is 204 g/mol. The molecule has 0 aliphatic rings. The first-order chi connectivity index (χ1) is 7.45. The molecule has 16 heavy (non-hydrogen) atoms. The minimum absolute atomic E-state index is 0.130. The van der Waals surface area contributed by atoms with Crippen molar-refractivity contribution < 1.29 is 9.90 Å². The van der Waals surface area contributed by atoms with Crippen LogP contribution in [0.1, 0.15) is 34.7 Å². The van der Waals surface area contributed by atoms with Gasteiger partial charge in [-0.2, -0.15) is 5.26 Å². The first-order valence-corrected chi connectivity index (χ1v) is 4.94. The molecule has 0 amide bonds. The average Bonchev–Trinajstić information content (AvgIpc) is 2.20. The summed E-state index contributed by atoms with van der Waals surface area (Å²) in [7, 11) is 0. The Hall–Kier alpha value is -1.86. The zero-order valence-corrected chi connectivity index (χ0v) is 9.32. The van der Waals surface area contributed by atoms with E-state index < -0.39 is 12.0 Å². The van der Waals surface area contributed by atoms with Gasteiger partial charge in [0, 0.05) is 6.04 Å². The van der Waals surface area contributed by atoms with E-state index in [-0.39, 0.29) is 6.42 Å². The lowest BCUT2D eigenvalue weighted by Crippen LogP contribution is -2.16. The van der Waals surface area contributed by atoms with Crippen molar-refractivity contribution in [2.45, 2.75) is 26.3 Å². The van der Waals surface area contributed by atoms with Crippen molar-refractivity contribution >= 4 is 5.97 Å². The summed E-state index contributed by atoms with van der Waals surface area (Å²) < 4.78 is 0. The van der Waals surface area contributed by atoms with Gasteiger partial charge in [-0.25, -0.2) is 0 Å². The minimum Gasteiger partial charge on any atom is -0.481 e. The third kappa shape index (κ3) is 2.59. The normalized spacial score (nSPS) is 11.9. The number of carboxylic acid groups (broad SMARTS) is 1. The number of carbonyl (C=O) groups is 1. The number of hydrogen-bond donors (Lipinski definition) is 2. The Balaban J connectivity index is 3.17. The third-order valence-electron chi connectivity index (χ3n) is 2.63. The maximum absolute atomic E-state index is 10.6. The summed E-state index contributed by atoms with van der Waals surface area (Å²) in [6.45, 7) is 3.76. The lowest BCUT2D eigenvalue weighted by Gasteiger charge is -2.15. The number of rotatable bonds is 3. The second kappa shape index (κ2) is 4.77. The van der Waals surface area contributed by atoms with Crippen molar-refractivity contribution in [1.82, 2.24) is 0 Å². The molecule has 1 aromatic rings. The fraction of sp³-hybridized carbons (Fsp3) is 0.333. The monoisotopic (exact) mass is 218 g/mol. The maximum Gasteiger partial charge on any atom is 0.305 e. The predicted octanol–water partition coefficient (Wildman–Crippen LogP) is 1.65. The summed E-state index contributed by atoms with van der Waals surface area (Å²) in [6.07, 6.45) is -0.130. The van der Waals surface area contributed by atoms with Gasteiger partial charge in [0.1, 0.15) is 0 Å². The van der Waals surface area contributed by atoms with Crippen molar-refractivity contribution in [2.75, 3.05) is 0 Å². The second-order valence-corrected chi connectivity index (χ2v) is 3.82. The van der Waals surface area contributed by atoms with Crippen LogP contribution in [0.5, 0.6) is 0 Å².